The molecular weight excluding hydrogens is 397 g/mol. The number of hydrogen-bond donors (Lipinski definition) is 0. The highest BCUT2D eigenvalue weighted by atomic mass is 32.2. The number of allylic oxidation sites excluding steroid dienone is 2. The summed E-state index contributed by atoms with van der Waals surface area (Å²) in [5.41, 5.74) is -0.418. The summed E-state index contributed by atoms with van der Waals surface area (Å²) in [4.78, 5) is 36.5. The molecule has 0 saturated carbocycles. The molecule has 0 fully saturated rings. The zero-order chi connectivity index (χ0) is 21.2. The van der Waals surface area contributed by atoms with Gasteiger partial charge in [-0.3, -0.25) is 14.9 Å². The van der Waals surface area contributed by atoms with Crippen LogP contribution in [0.2, 0.25) is 0 Å². The van der Waals surface area contributed by atoms with Gasteiger partial charge in [0, 0.05) is 18.9 Å². The van der Waals surface area contributed by atoms with Crippen molar-refractivity contribution in [2.75, 3.05) is 0 Å². The van der Waals surface area contributed by atoms with Crippen molar-refractivity contribution in [2.45, 2.75) is 31.6 Å². The van der Waals surface area contributed by atoms with Crippen molar-refractivity contribution < 1.29 is 23.6 Å². The molecule has 0 atom stereocenters. The lowest BCUT2D eigenvalue weighted by atomic mass is 9.79. The number of halogens is 1. The van der Waals surface area contributed by atoms with E-state index in [1.54, 1.807) is 12.1 Å². The summed E-state index contributed by atoms with van der Waals surface area (Å²) in [7, 11) is 0. The Morgan fingerprint density at radius 3 is 2.45 bits per heavy atom. The molecule has 150 valence electrons. The summed E-state index contributed by atoms with van der Waals surface area (Å²) in [6.45, 7) is 3.76. The summed E-state index contributed by atoms with van der Waals surface area (Å²) in [5.74, 6) is -1.27. The number of ketones is 1. The normalized spacial score (nSPS) is 15.9. The number of nitrogens with zero attached hydrogens (tertiary/aromatic N) is 1. The molecule has 1 aliphatic carbocycles. The molecule has 8 heteroatoms. The number of nitro benzene ring substituents is 1. The fourth-order valence-corrected chi connectivity index (χ4v) is 4.03. The lowest BCUT2D eigenvalue weighted by Crippen LogP contribution is -2.26. The molecule has 0 aromatic heterocycles. The van der Waals surface area contributed by atoms with Crippen molar-refractivity contribution in [1.29, 1.82) is 0 Å². The van der Waals surface area contributed by atoms with Crippen molar-refractivity contribution in [1.82, 2.24) is 0 Å². The van der Waals surface area contributed by atoms with Crippen molar-refractivity contribution in [3.8, 4) is 0 Å². The maximum absolute atomic E-state index is 13.1. The first-order valence-corrected chi connectivity index (χ1v) is 9.63. The number of rotatable bonds is 5. The Kier molecular flexibility index (Phi) is 5.83. The first kappa shape index (κ1) is 20.7. The zero-order valence-corrected chi connectivity index (χ0v) is 16.6. The molecule has 3 rings (SSSR count). The van der Waals surface area contributed by atoms with Crippen LogP contribution in [0.15, 0.2) is 64.1 Å². The van der Waals surface area contributed by atoms with Crippen LogP contribution >= 0.6 is 11.8 Å². The summed E-state index contributed by atoms with van der Waals surface area (Å²) in [5, 5.41) is 11.3. The molecule has 0 radical (unpaired) electrons. The van der Waals surface area contributed by atoms with Gasteiger partial charge in [0.15, 0.2) is 5.78 Å². The van der Waals surface area contributed by atoms with E-state index < -0.39 is 22.1 Å². The minimum absolute atomic E-state index is 0.133. The van der Waals surface area contributed by atoms with Crippen LogP contribution in [0.4, 0.5) is 10.1 Å². The third-order valence-electron chi connectivity index (χ3n) is 4.35. The van der Waals surface area contributed by atoms with E-state index in [4.69, 9.17) is 4.74 Å². The monoisotopic (exact) mass is 415 g/mol. The number of para-hydroxylation sites is 1. The topological polar surface area (TPSA) is 86.5 Å². The van der Waals surface area contributed by atoms with Gasteiger partial charge in [0.2, 0.25) is 0 Å². The number of hydrogen-bond acceptors (Lipinski definition) is 6. The molecule has 0 aliphatic heterocycles. The van der Waals surface area contributed by atoms with Crippen LogP contribution in [0.1, 0.15) is 37.0 Å². The molecule has 0 unspecified atom stereocenters. The van der Waals surface area contributed by atoms with Gasteiger partial charge >= 0.3 is 5.97 Å². The first-order valence-electron chi connectivity index (χ1n) is 8.82. The number of carbonyl (C=O) groups excluding carboxylic acids is 2. The Bertz CT molecular complexity index is 1010. The van der Waals surface area contributed by atoms with E-state index in [-0.39, 0.29) is 39.0 Å². The van der Waals surface area contributed by atoms with Gasteiger partial charge in [-0.1, -0.05) is 37.7 Å². The minimum atomic E-state index is -0.717. The molecule has 0 bridgehead atoms. The summed E-state index contributed by atoms with van der Waals surface area (Å²) in [6.07, 6.45) is 0.544. The highest BCUT2D eigenvalue weighted by molar-refractivity contribution is 8.04. The lowest BCUT2D eigenvalue weighted by Gasteiger charge is -2.31. The number of thioether (sulfide) groups is 1. The van der Waals surface area contributed by atoms with Crippen molar-refractivity contribution in [2.24, 2.45) is 5.41 Å². The molecule has 0 amide bonds. The van der Waals surface area contributed by atoms with Crippen LogP contribution in [-0.4, -0.2) is 16.7 Å². The van der Waals surface area contributed by atoms with Gasteiger partial charge in [0.25, 0.3) is 5.69 Å². The molecule has 0 heterocycles. The van der Waals surface area contributed by atoms with Crippen molar-refractivity contribution >= 4 is 29.2 Å². The van der Waals surface area contributed by atoms with Crippen LogP contribution in [0, 0.1) is 21.3 Å². The van der Waals surface area contributed by atoms with Crippen LogP contribution in [-0.2, 0) is 9.53 Å². The van der Waals surface area contributed by atoms with Gasteiger partial charge in [0.1, 0.15) is 11.6 Å². The minimum Gasteiger partial charge on any atom is -0.426 e. The Hall–Kier alpha value is -3.00. The fraction of sp³-hybridized carbons (Fsp3) is 0.238. The Balaban J connectivity index is 1.98. The summed E-state index contributed by atoms with van der Waals surface area (Å²) < 4.78 is 18.6. The van der Waals surface area contributed by atoms with Crippen LogP contribution in [0.3, 0.4) is 0 Å². The van der Waals surface area contributed by atoms with E-state index >= 15 is 0 Å². The highest BCUT2D eigenvalue weighted by Gasteiger charge is 2.36. The molecule has 0 saturated heterocycles. The van der Waals surface area contributed by atoms with Gasteiger partial charge in [-0.25, -0.2) is 9.18 Å². The Morgan fingerprint density at radius 2 is 1.79 bits per heavy atom. The molecule has 29 heavy (non-hydrogen) atoms. The third-order valence-corrected chi connectivity index (χ3v) is 5.58. The van der Waals surface area contributed by atoms with E-state index in [1.165, 1.54) is 24.3 Å². The predicted octanol–water partition coefficient (Wildman–Crippen LogP) is 5.28. The largest absolute Gasteiger partial charge is 0.426 e. The second-order valence-electron chi connectivity index (χ2n) is 7.42. The van der Waals surface area contributed by atoms with E-state index in [1.807, 2.05) is 13.8 Å². The lowest BCUT2D eigenvalue weighted by molar-refractivity contribution is -0.387. The number of Topliss-reactive ketones (excluding diaryl/α,β-unsaturated/α-hetero) is 1. The smallest absolute Gasteiger partial charge is 0.343 e. The van der Waals surface area contributed by atoms with Crippen molar-refractivity contribution in [3.63, 3.8) is 0 Å². The molecule has 0 N–H and O–H groups in total. The van der Waals surface area contributed by atoms with E-state index in [2.05, 4.69) is 0 Å². The second-order valence-corrected chi connectivity index (χ2v) is 8.47. The van der Waals surface area contributed by atoms with Gasteiger partial charge in [-0.05, 0) is 35.7 Å². The number of carbonyl (C=O) groups is 2. The zero-order valence-electron chi connectivity index (χ0n) is 15.8. The average Bonchev–Trinajstić information content (AvgIpc) is 2.64. The molecule has 6 nitrogen and oxygen atoms in total. The number of benzene rings is 2. The SMILES string of the molecule is CC1(C)CC(=O)C(Sc2ccccc2[N+](=O)[O-])=C(OC(=O)c2ccc(F)cc2)C1. The maximum atomic E-state index is 13.1. The Labute approximate surface area is 170 Å². The number of nitro groups is 1. The third kappa shape index (κ3) is 4.89. The number of esters is 1. The quantitative estimate of drug-likeness (QED) is 0.375. The van der Waals surface area contributed by atoms with Gasteiger partial charge in [-0.15, -0.1) is 0 Å². The van der Waals surface area contributed by atoms with E-state index in [0.29, 0.717) is 6.42 Å². The summed E-state index contributed by atoms with van der Waals surface area (Å²) >= 11 is 0.927. The van der Waals surface area contributed by atoms with Crippen LogP contribution < -0.4 is 0 Å². The molecule has 2 aromatic carbocycles. The molecule has 0 spiro atoms. The highest BCUT2D eigenvalue weighted by Crippen LogP contribution is 2.45. The fourth-order valence-electron chi connectivity index (χ4n) is 3.01. The van der Waals surface area contributed by atoms with Crippen LogP contribution in [0.25, 0.3) is 0 Å². The van der Waals surface area contributed by atoms with E-state index in [9.17, 15) is 24.1 Å². The molecule has 2 aromatic rings. The van der Waals surface area contributed by atoms with Crippen molar-refractivity contribution in [3.05, 3.63) is 80.7 Å². The van der Waals surface area contributed by atoms with Gasteiger partial charge in [0.05, 0.1) is 20.3 Å². The average molecular weight is 415 g/mol. The standard InChI is InChI=1S/C21H18FNO5S/c1-21(2)11-16(24)19(29-18-6-4-3-5-15(18)23(26)27)17(12-21)28-20(25)13-7-9-14(22)10-8-13/h3-10H,11-12H2,1-2H3. The second kappa shape index (κ2) is 8.16. The van der Waals surface area contributed by atoms with E-state index in [0.717, 1.165) is 23.9 Å². The maximum Gasteiger partial charge on any atom is 0.343 e. The summed E-state index contributed by atoms with van der Waals surface area (Å²) in [6, 6.07) is 10.9. The van der Waals surface area contributed by atoms with Crippen LogP contribution in [0.5, 0.6) is 0 Å². The van der Waals surface area contributed by atoms with Gasteiger partial charge < -0.3 is 4.74 Å². The van der Waals surface area contributed by atoms with Gasteiger partial charge in [-0.2, -0.15) is 0 Å². The molecule has 1 aliphatic rings. The first-order chi connectivity index (χ1) is 13.7. The molecular formula is C21H18FNO5S. The Morgan fingerprint density at radius 1 is 1.14 bits per heavy atom. The predicted molar refractivity (Wildman–Crippen MR) is 106 cm³/mol. The number of ether oxygens (including phenoxy) is 1.